The summed E-state index contributed by atoms with van der Waals surface area (Å²) < 4.78 is 2.01. The van der Waals surface area contributed by atoms with E-state index >= 15 is 0 Å². The predicted molar refractivity (Wildman–Crippen MR) is 91.2 cm³/mol. The molecule has 132 valence electrons. The molecular formula is C18H28N4O2. The predicted octanol–water partition coefficient (Wildman–Crippen LogP) is 1.60. The van der Waals surface area contributed by atoms with Crippen molar-refractivity contribution < 1.29 is 9.59 Å². The van der Waals surface area contributed by atoms with Crippen LogP contribution >= 0.6 is 0 Å². The quantitative estimate of drug-likeness (QED) is 0.795. The summed E-state index contributed by atoms with van der Waals surface area (Å²) in [6.07, 6.45) is 10.5. The lowest BCUT2D eigenvalue weighted by Crippen LogP contribution is -2.38. The second-order valence-corrected chi connectivity index (χ2v) is 7.20. The van der Waals surface area contributed by atoms with Gasteiger partial charge in [0.15, 0.2) is 0 Å². The molecule has 1 aromatic heterocycles. The van der Waals surface area contributed by atoms with E-state index in [0.717, 1.165) is 31.5 Å². The van der Waals surface area contributed by atoms with Crippen molar-refractivity contribution in [3.63, 3.8) is 0 Å². The van der Waals surface area contributed by atoms with Gasteiger partial charge in [-0.2, -0.15) is 0 Å². The average Bonchev–Trinajstić information content (AvgIpc) is 3.28. The largest absolute Gasteiger partial charge is 0.345 e. The number of amides is 2. The van der Waals surface area contributed by atoms with E-state index in [1.165, 1.54) is 12.8 Å². The van der Waals surface area contributed by atoms with Crippen LogP contribution in [0.25, 0.3) is 0 Å². The molecule has 6 heteroatoms. The van der Waals surface area contributed by atoms with Crippen molar-refractivity contribution in [3.05, 3.63) is 18.2 Å². The van der Waals surface area contributed by atoms with Gasteiger partial charge in [0.05, 0.1) is 5.92 Å². The molecule has 1 saturated carbocycles. The molecule has 2 fully saturated rings. The molecule has 1 atom stereocenters. The number of aromatic nitrogens is 2. The van der Waals surface area contributed by atoms with Gasteiger partial charge in [-0.25, -0.2) is 4.98 Å². The van der Waals surface area contributed by atoms with E-state index in [2.05, 4.69) is 4.98 Å². The third kappa shape index (κ3) is 3.62. The molecular weight excluding hydrogens is 304 g/mol. The number of hydrogen-bond acceptors (Lipinski definition) is 3. The Morgan fingerprint density at radius 2 is 2.12 bits per heavy atom. The summed E-state index contributed by atoms with van der Waals surface area (Å²) in [5, 5.41) is 0. The van der Waals surface area contributed by atoms with Gasteiger partial charge in [0, 0.05) is 58.5 Å². The maximum atomic E-state index is 12.6. The van der Waals surface area contributed by atoms with E-state index in [1.807, 2.05) is 29.8 Å². The third-order valence-corrected chi connectivity index (χ3v) is 5.46. The summed E-state index contributed by atoms with van der Waals surface area (Å²) in [5.41, 5.74) is 0. The molecule has 0 unspecified atom stereocenters. The molecule has 1 saturated heterocycles. The van der Waals surface area contributed by atoms with Crippen molar-refractivity contribution in [1.82, 2.24) is 19.4 Å². The lowest BCUT2D eigenvalue weighted by Gasteiger charge is -2.25. The second kappa shape index (κ2) is 7.36. The van der Waals surface area contributed by atoms with Crippen molar-refractivity contribution in [2.45, 2.75) is 51.0 Å². The van der Waals surface area contributed by atoms with Crippen LogP contribution in [-0.4, -0.2) is 57.3 Å². The average molecular weight is 332 g/mol. The highest BCUT2D eigenvalue weighted by Gasteiger charge is 2.39. The van der Waals surface area contributed by atoms with Gasteiger partial charge in [-0.15, -0.1) is 0 Å². The summed E-state index contributed by atoms with van der Waals surface area (Å²) in [6.45, 7) is 1.33. The zero-order valence-electron chi connectivity index (χ0n) is 14.8. The maximum absolute atomic E-state index is 12.6. The van der Waals surface area contributed by atoms with Crippen LogP contribution in [0.2, 0.25) is 0 Å². The number of carbonyl (C=O) groups excluding carboxylic acids is 2. The molecule has 1 aromatic rings. The molecule has 1 aliphatic carbocycles. The highest BCUT2D eigenvalue weighted by Crippen LogP contribution is 2.30. The Morgan fingerprint density at radius 1 is 1.38 bits per heavy atom. The van der Waals surface area contributed by atoms with Crippen molar-refractivity contribution in [1.29, 1.82) is 0 Å². The molecule has 24 heavy (non-hydrogen) atoms. The number of rotatable bonds is 6. The molecule has 6 nitrogen and oxygen atoms in total. The smallest absolute Gasteiger partial charge is 0.227 e. The lowest BCUT2D eigenvalue weighted by atomic mass is 10.1. The summed E-state index contributed by atoms with van der Waals surface area (Å²) in [5.74, 6) is 1.17. The maximum Gasteiger partial charge on any atom is 0.227 e. The molecule has 0 bridgehead atoms. The molecule has 2 amide bonds. The van der Waals surface area contributed by atoms with Crippen LogP contribution in [0, 0.1) is 5.92 Å². The summed E-state index contributed by atoms with van der Waals surface area (Å²) in [7, 11) is 3.84. The number of carbonyl (C=O) groups is 2. The van der Waals surface area contributed by atoms with E-state index in [9.17, 15) is 9.59 Å². The van der Waals surface area contributed by atoms with Crippen LogP contribution in [0.4, 0.5) is 0 Å². The molecule has 0 N–H and O–H groups in total. The monoisotopic (exact) mass is 332 g/mol. The topological polar surface area (TPSA) is 58.4 Å². The van der Waals surface area contributed by atoms with Gasteiger partial charge in [-0.1, -0.05) is 12.8 Å². The Morgan fingerprint density at radius 3 is 2.79 bits per heavy atom. The van der Waals surface area contributed by atoms with Gasteiger partial charge in [0.25, 0.3) is 0 Å². The van der Waals surface area contributed by atoms with Crippen LogP contribution < -0.4 is 0 Å². The van der Waals surface area contributed by atoms with Crippen molar-refractivity contribution in [3.8, 4) is 0 Å². The first-order valence-corrected chi connectivity index (χ1v) is 9.07. The zero-order chi connectivity index (χ0) is 17.1. The van der Waals surface area contributed by atoms with E-state index in [-0.39, 0.29) is 17.7 Å². The van der Waals surface area contributed by atoms with Gasteiger partial charge >= 0.3 is 0 Å². The van der Waals surface area contributed by atoms with Gasteiger partial charge in [0.2, 0.25) is 11.8 Å². The molecule has 0 spiro atoms. The molecule has 3 rings (SSSR count). The van der Waals surface area contributed by atoms with Crippen LogP contribution in [0.1, 0.15) is 44.3 Å². The zero-order valence-corrected chi connectivity index (χ0v) is 14.8. The number of likely N-dealkylation sites (tertiary alicyclic amines) is 1. The number of imidazole rings is 1. The third-order valence-electron chi connectivity index (χ3n) is 5.46. The normalized spacial score (nSPS) is 21.7. The van der Waals surface area contributed by atoms with Gasteiger partial charge < -0.3 is 14.4 Å². The highest BCUT2D eigenvalue weighted by molar-refractivity contribution is 5.89. The Labute approximate surface area is 143 Å². The Hall–Kier alpha value is -1.85. The van der Waals surface area contributed by atoms with Crippen LogP contribution in [0.15, 0.2) is 12.4 Å². The minimum Gasteiger partial charge on any atom is -0.345 e. The first kappa shape index (κ1) is 17.0. The van der Waals surface area contributed by atoms with E-state index in [4.69, 9.17) is 0 Å². The molecule has 2 aliphatic rings. The van der Waals surface area contributed by atoms with E-state index in [1.54, 1.807) is 11.1 Å². The fourth-order valence-corrected chi connectivity index (χ4v) is 4.00. The van der Waals surface area contributed by atoms with Crippen LogP contribution in [-0.2, 0) is 23.1 Å². The second-order valence-electron chi connectivity index (χ2n) is 7.20. The standard InChI is InChI=1S/C18H28N4O2/c1-20-11-9-19-16(20)8-5-10-21(2)18(24)14-12-17(23)22(13-14)15-6-3-4-7-15/h9,11,14-15H,3-8,10,12-13H2,1-2H3/t14-/m1/s1. The van der Waals surface area contributed by atoms with Crippen molar-refractivity contribution in [2.75, 3.05) is 20.1 Å². The fraction of sp³-hybridized carbons (Fsp3) is 0.722. The number of hydrogen-bond donors (Lipinski definition) is 0. The van der Waals surface area contributed by atoms with E-state index < -0.39 is 0 Å². The number of aryl methyl sites for hydroxylation is 2. The number of nitrogens with zero attached hydrogens (tertiary/aromatic N) is 4. The highest BCUT2D eigenvalue weighted by atomic mass is 16.2. The summed E-state index contributed by atoms with van der Waals surface area (Å²) >= 11 is 0. The SMILES string of the molecule is CN(CCCc1nccn1C)C(=O)[C@@H]1CC(=O)N(C2CCCC2)C1. The Balaban J connectivity index is 1.47. The molecule has 1 aliphatic heterocycles. The minimum atomic E-state index is -0.156. The van der Waals surface area contributed by atoms with Gasteiger partial charge in [-0.05, 0) is 19.3 Å². The van der Waals surface area contributed by atoms with Crippen LogP contribution in [0.5, 0.6) is 0 Å². The van der Waals surface area contributed by atoms with E-state index in [0.29, 0.717) is 25.6 Å². The summed E-state index contributed by atoms with van der Waals surface area (Å²) in [4.78, 5) is 33.0. The summed E-state index contributed by atoms with van der Waals surface area (Å²) in [6, 6.07) is 0.379. The fourth-order valence-electron chi connectivity index (χ4n) is 4.00. The lowest BCUT2D eigenvalue weighted by molar-refractivity contribution is -0.134. The van der Waals surface area contributed by atoms with Gasteiger partial charge in [0.1, 0.15) is 5.82 Å². The van der Waals surface area contributed by atoms with Crippen molar-refractivity contribution in [2.24, 2.45) is 13.0 Å². The van der Waals surface area contributed by atoms with Crippen LogP contribution in [0.3, 0.4) is 0 Å². The first-order valence-electron chi connectivity index (χ1n) is 9.07. The first-order chi connectivity index (χ1) is 11.6. The Kier molecular flexibility index (Phi) is 5.21. The van der Waals surface area contributed by atoms with Gasteiger partial charge in [-0.3, -0.25) is 9.59 Å². The Bertz CT molecular complexity index is 592. The molecule has 0 aromatic carbocycles. The molecule has 2 heterocycles. The molecule has 0 radical (unpaired) electrons. The van der Waals surface area contributed by atoms with Crippen molar-refractivity contribution >= 4 is 11.8 Å². The minimum absolute atomic E-state index is 0.115.